The molecule has 1 fully saturated rings. The highest BCUT2D eigenvalue weighted by Crippen LogP contribution is 2.30. The minimum Gasteiger partial charge on any atom is -0.310 e. The number of nitrogens with zero attached hydrogens (tertiary/aromatic N) is 1. The van der Waals surface area contributed by atoms with Crippen molar-refractivity contribution in [1.29, 1.82) is 0 Å². The van der Waals surface area contributed by atoms with E-state index in [9.17, 15) is 0 Å². The number of nitrogens with one attached hydrogen (secondary N) is 1. The molecule has 1 aliphatic carbocycles. The molecule has 1 saturated heterocycles. The topological polar surface area (TPSA) is 15.3 Å². The summed E-state index contributed by atoms with van der Waals surface area (Å²) < 4.78 is 0. The van der Waals surface area contributed by atoms with Crippen LogP contribution in [-0.4, -0.2) is 31.1 Å². The molecule has 1 aromatic carbocycles. The summed E-state index contributed by atoms with van der Waals surface area (Å²) in [5.74, 6) is 0.755. The largest absolute Gasteiger partial charge is 0.310 e. The Morgan fingerprint density at radius 2 is 2.05 bits per heavy atom. The van der Waals surface area contributed by atoms with Gasteiger partial charge in [-0.15, -0.1) is 0 Å². The van der Waals surface area contributed by atoms with Gasteiger partial charge in [-0.25, -0.2) is 0 Å². The molecule has 2 heteroatoms. The molecule has 2 unspecified atom stereocenters. The number of likely N-dealkylation sites (tertiary alicyclic amines) is 1. The molecule has 0 spiro atoms. The zero-order chi connectivity index (χ0) is 13.1. The van der Waals surface area contributed by atoms with E-state index in [4.69, 9.17) is 0 Å². The van der Waals surface area contributed by atoms with Crippen LogP contribution in [0.2, 0.25) is 0 Å². The van der Waals surface area contributed by atoms with Crippen molar-refractivity contribution in [3.05, 3.63) is 35.4 Å². The number of benzene rings is 1. The molecule has 2 aliphatic rings. The van der Waals surface area contributed by atoms with Gasteiger partial charge in [0.25, 0.3) is 0 Å². The lowest BCUT2D eigenvalue weighted by atomic mass is 10.1. The molecule has 3 rings (SSSR count). The maximum Gasteiger partial charge on any atom is 0.0326 e. The molecule has 1 N–H and O–H groups in total. The van der Waals surface area contributed by atoms with Crippen LogP contribution in [0.15, 0.2) is 24.3 Å². The highest BCUT2D eigenvalue weighted by Gasteiger charge is 2.22. The fourth-order valence-corrected chi connectivity index (χ4v) is 3.58. The average Bonchev–Trinajstić information content (AvgIpc) is 3.05. The molecule has 0 saturated carbocycles. The molecule has 2 atom stereocenters. The predicted molar refractivity (Wildman–Crippen MR) is 80.3 cm³/mol. The minimum atomic E-state index is 0.595. The molecule has 1 heterocycles. The van der Waals surface area contributed by atoms with Gasteiger partial charge in [0.2, 0.25) is 0 Å². The normalized spacial score (nSPS) is 24.6. The van der Waals surface area contributed by atoms with E-state index in [1.807, 2.05) is 0 Å². The second-order valence-electron chi connectivity index (χ2n) is 6.31. The van der Waals surface area contributed by atoms with E-state index in [0.29, 0.717) is 6.04 Å². The van der Waals surface area contributed by atoms with E-state index in [-0.39, 0.29) is 0 Å². The van der Waals surface area contributed by atoms with Gasteiger partial charge in [0.1, 0.15) is 0 Å². The average molecular weight is 258 g/mol. The Hall–Kier alpha value is -0.860. The number of hydrogen-bond donors (Lipinski definition) is 1. The van der Waals surface area contributed by atoms with Gasteiger partial charge in [-0.2, -0.15) is 0 Å². The van der Waals surface area contributed by atoms with Crippen LogP contribution < -0.4 is 5.32 Å². The highest BCUT2D eigenvalue weighted by atomic mass is 15.1. The summed E-state index contributed by atoms with van der Waals surface area (Å²) in [6.07, 6.45) is 5.32. The zero-order valence-corrected chi connectivity index (χ0v) is 12.1. The lowest BCUT2D eigenvalue weighted by molar-refractivity contribution is 0.277. The van der Waals surface area contributed by atoms with Crippen molar-refractivity contribution in [1.82, 2.24) is 10.2 Å². The molecular formula is C17H26N2. The first kappa shape index (κ1) is 13.1. The number of rotatable bonds is 5. The van der Waals surface area contributed by atoms with Crippen molar-refractivity contribution in [3.63, 3.8) is 0 Å². The molecular weight excluding hydrogens is 232 g/mol. The van der Waals surface area contributed by atoms with E-state index in [1.165, 1.54) is 50.9 Å². The summed E-state index contributed by atoms with van der Waals surface area (Å²) in [5.41, 5.74) is 3.09. The van der Waals surface area contributed by atoms with Crippen molar-refractivity contribution >= 4 is 0 Å². The first-order valence-corrected chi connectivity index (χ1v) is 7.86. The van der Waals surface area contributed by atoms with Crippen molar-refractivity contribution in [3.8, 4) is 0 Å². The van der Waals surface area contributed by atoms with Crippen molar-refractivity contribution in [2.45, 2.75) is 38.6 Å². The van der Waals surface area contributed by atoms with Crippen LogP contribution in [0.3, 0.4) is 0 Å². The summed E-state index contributed by atoms with van der Waals surface area (Å²) in [7, 11) is 0. The van der Waals surface area contributed by atoms with Crippen LogP contribution in [0.4, 0.5) is 0 Å². The van der Waals surface area contributed by atoms with Crippen LogP contribution >= 0.6 is 0 Å². The van der Waals surface area contributed by atoms with E-state index in [0.717, 1.165) is 12.5 Å². The summed E-state index contributed by atoms with van der Waals surface area (Å²) in [4.78, 5) is 2.62. The second-order valence-corrected chi connectivity index (χ2v) is 6.31. The fraction of sp³-hybridized carbons (Fsp3) is 0.647. The third-order valence-corrected chi connectivity index (χ3v) is 4.61. The number of fused-ring (bicyclic) bond motifs is 1. The maximum atomic E-state index is 3.78. The van der Waals surface area contributed by atoms with Crippen LogP contribution in [0.1, 0.15) is 43.4 Å². The molecule has 19 heavy (non-hydrogen) atoms. The fourth-order valence-electron chi connectivity index (χ4n) is 3.58. The van der Waals surface area contributed by atoms with E-state index in [1.54, 1.807) is 5.56 Å². The zero-order valence-electron chi connectivity index (χ0n) is 12.1. The second kappa shape index (κ2) is 6.06. The SMILES string of the molecule is CC(CNC1CCc2ccccc21)CN1CCCC1. The van der Waals surface area contributed by atoms with E-state index < -0.39 is 0 Å². The Morgan fingerprint density at radius 1 is 1.26 bits per heavy atom. The lowest BCUT2D eigenvalue weighted by Gasteiger charge is -2.22. The van der Waals surface area contributed by atoms with Gasteiger partial charge in [-0.1, -0.05) is 31.2 Å². The monoisotopic (exact) mass is 258 g/mol. The standard InChI is InChI=1S/C17H26N2/c1-14(13-19-10-4-5-11-19)12-18-17-9-8-15-6-2-3-7-16(15)17/h2-3,6-7,14,17-18H,4-5,8-13H2,1H3. The van der Waals surface area contributed by atoms with Crippen LogP contribution in [0.25, 0.3) is 0 Å². The van der Waals surface area contributed by atoms with Gasteiger partial charge in [0.15, 0.2) is 0 Å². The molecule has 1 aromatic rings. The molecule has 1 aliphatic heterocycles. The van der Waals surface area contributed by atoms with Crippen LogP contribution in [0.5, 0.6) is 0 Å². The molecule has 0 aromatic heterocycles. The van der Waals surface area contributed by atoms with Gasteiger partial charge in [0.05, 0.1) is 0 Å². The Morgan fingerprint density at radius 3 is 2.89 bits per heavy atom. The minimum absolute atomic E-state index is 0.595. The number of hydrogen-bond acceptors (Lipinski definition) is 2. The van der Waals surface area contributed by atoms with Crippen LogP contribution in [-0.2, 0) is 6.42 Å². The Kier molecular flexibility index (Phi) is 4.19. The predicted octanol–water partition coefficient (Wildman–Crippen LogP) is 3.00. The van der Waals surface area contributed by atoms with E-state index >= 15 is 0 Å². The quantitative estimate of drug-likeness (QED) is 0.873. The highest BCUT2D eigenvalue weighted by molar-refractivity contribution is 5.34. The summed E-state index contributed by atoms with van der Waals surface area (Å²) >= 11 is 0. The van der Waals surface area contributed by atoms with Crippen molar-refractivity contribution in [2.24, 2.45) is 5.92 Å². The first-order chi connectivity index (χ1) is 9.33. The Balaban J connectivity index is 1.47. The third-order valence-electron chi connectivity index (χ3n) is 4.61. The van der Waals surface area contributed by atoms with Crippen molar-refractivity contribution < 1.29 is 0 Å². The summed E-state index contributed by atoms with van der Waals surface area (Å²) in [6, 6.07) is 9.51. The molecule has 104 valence electrons. The summed E-state index contributed by atoms with van der Waals surface area (Å²) in [6.45, 7) is 7.43. The van der Waals surface area contributed by atoms with Crippen molar-refractivity contribution in [2.75, 3.05) is 26.2 Å². The van der Waals surface area contributed by atoms with Gasteiger partial charge in [-0.3, -0.25) is 0 Å². The van der Waals surface area contributed by atoms with E-state index in [2.05, 4.69) is 41.4 Å². The Labute approximate surface area is 117 Å². The molecule has 0 bridgehead atoms. The van der Waals surface area contributed by atoms with Gasteiger partial charge >= 0.3 is 0 Å². The first-order valence-electron chi connectivity index (χ1n) is 7.86. The smallest absolute Gasteiger partial charge is 0.0326 e. The molecule has 0 amide bonds. The van der Waals surface area contributed by atoms with Crippen LogP contribution in [0, 0.1) is 5.92 Å². The molecule has 0 radical (unpaired) electrons. The lowest BCUT2D eigenvalue weighted by Crippen LogP contribution is -2.32. The Bertz CT molecular complexity index is 409. The van der Waals surface area contributed by atoms with Gasteiger partial charge in [0, 0.05) is 12.6 Å². The maximum absolute atomic E-state index is 3.78. The molecule has 2 nitrogen and oxygen atoms in total. The number of aryl methyl sites for hydroxylation is 1. The summed E-state index contributed by atoms with van der Waals surface area (Å²) in [5, 5.41) is 3.78. The van der Waals surface area contributed by atoms with Gasteiger partial charge in [-0.05, 0) is 62.4 Å². The third kappa shape index (κ3) is 3.18. The van der Waals surface area contributed by atoms with Gasteiger partial charge < -0.3 is 10.2 Å².